The number of rotatable bonds is 6. The Labute approximate surface area is 203 Å². The Hall–Kier alpha value is -3.62. The summed E-state index contributed by atoms with van der Waals surface area (Å²) < 4.78 is 43.7. The average Bonchev–Trinajstić information content (AvgIpc) is 2.88. The summed E-state index contributed by atoms with van der Waals surface area (Å²) in [6, 6.07) is 12.8. The number of fused-ring (bicyclic) bond motifs is 1. The van der Waals surface area contributed by atoms with Crippen LogP contribution in [0.5, 0.6) is 11.5 Å². The molecule has 1 amide bonds. The van der Waals surface area contributed by atoms with Gasteiger partial charge in [0.2, 0.25) is 10.0 Å². The van der Waals surface area contributed by atoms with Crippen LogP contribution in [0.15, 0.2) is 47.4 Å². The van der Waals surface area contributed by atoms with Gasteiger partial charge in [-0.3, -0.25) is 9.59 Å². The number of hydrogen-bond acceptors (Lipinski definition) is 8. The van der Waals surface area contributed by atoms with Crippen molar-refractivity contribution in [2.24, 2.45) is 5.92 Å². The number of sulfonamides is 1. The molecule has 0 radical (unpaired) electrons. The van der Waals surface area contributed by atoms with Crippen LogP contribution in [0.1, 0.15) is 25.3 Å². The number of amides is 1. The molecule has 10 nitrogen and oxygen atoms in total. The lowest BCUT2D eigenvalue weighted by atomic mass is 9.98. The number of carbonyl (C=O) groups is 2. The van der Waals surface area contributed by atoms with Gasteiger partial charge in [0, 0.05) is 24.8 Å². The monoisotopic (exact) mass is 499 g/mol. The molecule has 0 saturated carbocycles. The quantitative estimate of drug-likeness (QED) is 0.598. The van der Waals surface area contributed by atoms with Gasteiger partial charge in [-0.1, -0.05) is 0 Å². The van der Waals surface area contributed by atoms with Crippen molar-refractivity contribution >= 4 is 27.6 Å². The fourth-order valence-corrected chi connectivity index (χ4v) is 5.35. The molecule has 2 aliphatic heterocycles. The van der Waals surface area contributed by atoms with Crippen LogP contribution in [0.25, 0.3) is 0 Å². The van der Waals surface area contributed by atoms with Crippen LogP contribution in [0.2, 0.25) is 0 Å². The minimum Gasteiger partial charge on any atom is -0.486 e. The Balaban J connectivity index is 1.30. The Morgan fingerprint density at radius 2 is 1.74 bits per heavy atom. The highest BCUT2D eigenvalue weighted by molar-refractivity contribution is 7.89. The van der Waals surface area contributed by atoms with Crippen molar-refractivity contribution in [3.63, 3.8) is 0 Å². The minimum absolute atomic E-state index is 0.107. The molecular weight excluding hydrogens is 474 g/mol. The highest BCUT2D eigenvalue weighted by atomic mass is 32.2. The van der Waals surface area contributed by atoms with Crippen LogP contribution in [0.4, 0.5) is 5.69 Å². The second-order valence-electron chi connectivity index (χ2n) is 8.24. The standard InChI is InChI=1S/C24H25N3O7S/c1-16(23(28)26-19-4-2-17(15-25)3-5-19)34-24(29)18-8-10-27(11-9-18)35(30,31)20-6-7-21-22(14-20)33-13-12-32-21/h2-7,14,16,18H,8-13H2,1H3,(H,26,28)/t16-/m0/s1. The molecule has 2 aromatic carbocycles. The molecule has 1 fully saturated rings. The van der Waals surface area contributed by atoms with Crippen LogP contribution in [0, 0.1) is 17.2 Å². The number of nitrogens with one attached hydrogen (secondary N) is 1. The summed E-state index contributed by atoms with van der Waals surface area (Å²) >= 11 is 0. The molecule has 1 saturated heterocycles. The van der Waals surface area contributed by atoms with E-state index in [1.54, 1.807) is 30.3 Å². The number of esters is 1. The molecule has 2 heterocycles. The Kier molecular flexibility index (Phi) is 7.23. The number of ether oxygens (including phenoxy) is 3. The summed E-state index contributed by atoms with van der Waals surface area (Å²) in [5.41, 5.74) is 0.944. The molecule has 1 N–H and O–H groups in total. The molecule has 4 rings (SSSR count). The van der Waals surface area contributed by atoms with E-state index >= 15 is 0 Å². The van der Waals surface area contributed by atoms with E-state index in [1.165, 1.54) is 23.4 Å². The van der Waals surface area contributed by atoms with E-state index in [1.807, 2.05) is 6.07 Å². The highest BCUT2D eigenvalue weighted by Gasteiger charge is 2.34. The zero-order valence-corrected chi connectivity index (χ0v) is 19.9. The Morgan fingerprint density at radius 1 is 1.09 bits per heavy atom. The zero-order valence-electron chi connectivity index (χ0n) is 19.1. The van der Waals surface area contributed by atoms with Crippen molar-refractivity contribution in [1.82, 2.24) is 4.31 Å². The lowest BCUT2D eigenvalue weighted by Gasteiger charge is -2.30. The van der Waals surface area contributed by atoms with Crippen molar-refractivity contribution in [2.75, 3.05) is 31.6 Å². The molecule has 0 aliphatic carbocycles. The van der Waals surface area contributed by atoms with Gasteiger partial charge in [-0.15, -0.1) is 0 Å². The molecule has 1 atom stereocenters. The Morgan fingerprint density at radius 3 is 2.40 bits per heavy atom. The van der Waals surface area contributed by atoms with E-state index in [2.05, 4.69) is 5.32 Å². The first-order chi connectivity index (χ1) is 16.8. The van der Waals surface area contributed by atoms with Gasteiger partial charge in [0.1, 0.15) is 13.2 Å². The van der Waals surface area contributed by atoms with Crippen LogP contribution >= 0.6 is 0 Å². The SMILES string of the molecule is C[C@H](OC(=O)C1CCN(S(=O)(=O)c2ccc3c(c2)OCCO3)CC1)C(=O)Nc1ccc(C#N)cc1. The van der Waals surface area contributed by atoms with Crippen molar-refractivity contribution in [3.8, 4) is 17.6 Å². The number of nitriles is 1. The topological polar surface area (TPSA) is 135 Å². The van der Waals surface area contributed by atoms with Gasteiger partial charge in [-0.2, -0.15) is 9.57 Å². The third-order valence-electron chi connectivity index (χ3n) is 5.88. The maximum absolute atomic E-state index is 13.1. The van der Waals surface area contributed by atoms with Crippen molar-refractivity contribution < 1.29 is 32.2 Å². The fourth-order valence-electron chi connectivity index (χ4n) is 3.86. The molecule has 184 valence electrons. The van der Waals surface area contributed by atoms with Crippen molar-refractivity contribution in [1.29, 1.82) is 5.26 Å². The average molecular weight is 500 g/mol. The van der Waals surface area contributed by atoms with Gasteiger partial charge in [-0.25, -0.2) is 8.42 Å². The molecular formula is C24H25N3O7S. The molecule has 0 aromatic heterocycles. The van der Waals surface area contributed by atoms with Crippen LogP contribution < -0.4 is 14.8 Å². The second kappa shape index (κ2) is 10.3. The lowest BCUT2D eigenvalue weighted by Crippen LogP contribution is -2.41. The van der Waals surface area contributed by atoms with Gasteiger partial charge in [0.15, 0.2) is 17.6 Å². The first kappa shape index (κ1) is 24.5. The normalized spacial score (nSPS) is 17.1. The van der Waals surface area contributed by atoms with Crippen LogP contribution in [-0.4, -0.2) is 57.0 Å². The molecule has 0 spiro atoms. The largest absolute Gasteiger partial charge is 0.486 e. The molecule has 0 unspecified atom stereocenters. The number of hydrogen-bond donors (Lipinski definition) is 1. The second-order valence-corrected chi connectivity index (χ2v) is 10.2. The van der Waals surface area contributed by atoms with E-state index in [0.717, 1.165) is 0 Å². The maximum Gasteiger partial charge on any atom is 0.309 e. The predicted molar refractivity (Wildman–Crippen MR) is 124 cm³/mol. The first-order valence-corrected chi connectivity index (χ1v) is 12.6. The number of anilines is 1. The van der Waals surface area contributed by atoms with E-state index in [-0.39, 0.29) is 30.8 Å². The van der Waals surface area contributed by atoms with E-state index < -0.39 is 33.9 Å². The van der Waals surface area contributed by atoms with E-state index in [4.69, 9.17) is 19.5 Å². The first-order valence-electron chi connectivity index (χ1n) is 11.2. The molecule has 0 bridgehead atoms. The third-order valence-corrected chi connectivity index (χ3v) is 7.78. The minimum atomic E-state index is -3.76. The molecule has 11 heteroatoms. The van der Waals surface area contributed by atoms with Crippen molar-refractivity contribution in [3.05, 3.63) is 48.0 Å². The summed E-state index contributed by atoms with van der Waals surface area (Å²) in [5, 5.41) is 11.5. The number of benzene rings is 2. The smallest absolute Gasteiger partial charge is 0.309 e. The molecule has 2 aromatic rings. The lowest BCUT2D eigenvalue weighted by molar-refractivity contribution is -0.158. The fraction of sp³-hybridized carbons (Fsp3) is 0.375. The summed E-state index contributed by atoms with van der Waals surface area (Å²) in [6.45, 7) is 2.55. The van der Waals surface area contributed by atoms with Gasteiger partial charge in [-0.05, 0) is 56.2 Å². The number of nitrogens with zero attached hydrogens (tertiary/aromatic N) is 2. The predicted octanol–water partition coefficient (Wildman–Crippen LogP) is 2.30. The summed E-state index contributed by atoms with van der Waals surface area (Å²) in [4.78, 5) is 25.1. The van der Waals surface area contributed by atoms with Crippen molar-refractivity contribution in [2.45, 2.75) is 30.8 Å². The van der Waals surface area contributed by atoms with Crippen LogP contribution in [-0.2, 0) is 24.3 Å². The van der Waals surface area contributed by atoms with E-state index in [9.17, 15) is 18.0 Å². The highest BCUT2D eigenvalue weighted by Crippen LogP contribution is 2.34. The summed E-state index contributed by atoms with van der Waals surface area (Å²) in [5.74, 6) is -0.643. The van der Waals surface area contributed by atoms with Gasteiger partial charge < -0.3 is 19.5 Å². The van der Waals surface area contributed by atoms with Crippen LogP contribution in [0.3, 0.4) is 0 Å². The van der Waals surface area contributed by atoms with E-state index in [0.29, 0.717) is 36.0 Å². The number of piperidine rings is 1. The van der Waals surface area contributed by atoms with Gasteiger partial charge in [0.25, 0.3) is 5.91 Å². The zero-order chi connectivity index (χ0) is 25.0. The summed E-state index contributed by atoms with van der Waals surface area (Å²) in [6.07, 6.45) is -0.461. The Bertz CT molecular complexity index is 1250. The third kappa shape index (κ3) is 5.55. The molecule has 2 aliphatic rings. The number of carbonyl (C=O) groups excluding carboxylic acids is 2. The summed E-state index contributed by atoms with van der Waals surface area (Å²) in [7, 11) is -3.76. The van der Waals surface area contributed by atoms with Gasteiger partial charge >= 0.3 is 5.97 Å². The maximum atomic E-state index is 13.1. The van der Waals surface area contributed by atoms with Gasteiger partial charge in [0.05, 0.1) is 22.4 Å². The molecule has 35 heavy (non-hydrogen) atoms.